The summed E-state index contributed by atoms with van der Waals surface area (Å²) in [5.74, 6) is 0. The number of halogens is 1. The predicted octanol–water partition coefficient (Wildman–Crippen LogP) is 1.96. The van der Waals surface area contributed by atoms with E-state index in [-0.39, 0.29) is 0 Å². The van der Waals surface area contributed by atoms with Crippen LogP contribution in [0.5, 0.6) is 0 Å². The summed E-state index contributed by atoms with van der Waals surface area (Å²) in [5, 5.41) is 9.93. The number of hydrogen-bond donors (Lipinski definition) is 2. The highest BCUT2D eigenvalue weighted by molar-refractivity contribution is 7.14. The maximum Gasteiger partial charge on any atom is 0.184 e. The number of nitrogens with zero attached hydrogens (tertiary/aromatic N) is 1. The fourth-order valence-electron chi connectivity index (χ4n) is 1.07. The van der Waals surface area contributed by atoms with Crippen LogP contribution in [0.4, 0.5) is 5.13 Å². The Labute approximate surface area is 86.5 Å². The normalized spacial score (nSPS) is 16.1. The van der Waals surface area contributed by atoms with E-state index >= 15 is 0 Å². The van der Waals surface area contributed by atoms with Gasteiger partial charge in [0.1, 0.15) is 5.15 Å². The van der Waals surface area contributed by atoms with Crippen LogP contribution in [-0.2, 0) is 0 Å². The zero-order valence-corrected chi connectivity index (χ0v) is 8.79. The molecule has 1 saturated carbocycles. The first-order valence-electron chi connectivity index (χ1n) is 4.43. The standard InChI is InChI=1S/C8H12ClN3S/c9-7-5-13-8(12-7)11-4-3-10-6-1-2-6/h5-6,10H,1-4H2,(H,11,12). The minimum atomic E-state index is 0.572. The average molecular weight is 218 g/mol. The van der Waals surface area contributed by atoms with Crippen molar-refractivity contribution in [2.24, 2.45) is 0 Å². The van der Waals surface area contributed by atoms with Crippen LogP contribution < -0.4 is 10.6 Å². The molecular weight excluding hydrogens is 206 g/mol. The van der Waals surface area contributed by atoms with Crippen molar-refractivity contribution in [1.82, 2.24) is 10.3 Å². The van der Waals surface area contributed by atoms with Gasteiger partial charge < -0.3 is 10.6 Å². The summed E-state index contributed by atoms with van der Waals surface area (Å²) < 4.78 is 0. The van der Waals surface area contributed by atoms with E-state index in [1.54, 1.807) is 11.3 Å². The molecule has 0 aliphatic heterocycles. The zero-order valence-electron chi connectivity index (χ0n) is 7.22. The van der Waals surface area contributed by atoms with E-state index in [1.165, 1.54) is 12.8 Å². The fourth-order valence-corrected chi connectivity index (χ4v) is 1.93. The average Bonchev–Trinajstić information content (AvgIpc) is 2.84. The highest BCUT2D eigenvalue weighted by Gasteiger charge is 2.19. The van der Waals surface area contributed by atoms with Crippen LogP contribution in [0.2, 0.25) is 5.15 Å². The molecule has 13 heavy (non-hydrogen) atoms. The maximum atomic E-state index is 5.68. The Kier molecular flexibility index (Phi) is 3.03. The van der Waals surface area contributed by atoms with Crippen molar-refractivity contribution in [2.75, 3.05) is 18.4 Å². The summed E-state index contributed by atoms with van der Waals surface area (Å²) in [6.45, 7) is 1.92. The molecule has 1 aliphatic carbocycles. The molecule has 1 aromatic rings. The van der Waals surface area contributed by atoms with Crippen LogP contribution in [0.25, 0.3) is 0 Å². The van der Waals surface area contributed by atoms with Gasteiger partial charge in [0, 0.05) is 24.5 Å². The van der Waals surface area contributed by atoms with Gasteiger partial charge in [0.15, 0.2) is 5.13 Å². The molecule has 1 aliphatic rings. The Morgan fingerprint density at radius 2 is 2.38 bits per heavy atom. The van der Waals surface area contributed by atoms with Gasteiger partial charge in [-0.1, -0.05) is 11.6 Å². The molecule has 0 radical (unpaired) electrons. The SMILES string of the molecule is Clc1csc(NCCNC2CC2)n1. The van der Waals surface area contributed by atoms with Crippen molar-refractivity contribution in [3.8, 4) is 0 Å². The first kappa shape index (κ1) is 9.24. The lowest BCUT2D eigenvalue weighted by atomic mass is 10.6. The highest BCUT2D eigenvalue weighted by atomic mass is 35.5. The molecule has 1 aromatic heterocycles. The Morgan fingerprint density at radius 1 is 1.54 bits per heavy atom. The van der Waals surface area contributed by atoms with E-state index in [0.717, 1.165) is 24.3 Å². The van der Waals surface area contributed by atoms with E-state index in [4.69, 9.17) is 11.6 Å². The quantitative estimate of drug-likeness (QED) is 0.741. The molecule has 1 fully saturated rings. The molecule has 5 heteroatoms. The van der Waals surface area contributed by atoms with Gasteiger partial charge in [-0.2, -0.15) is 0 Å². The first-order valence-corrected chi connectivity index (χ1v) is 5.68. The third-order valence-corrected chi connectivity index (χ3v) is 3.01. The summed E-state index contributed by atoms with van der Waals surface area (Å²) in [7, 11) is 0. The van der Waals surface area contributed by atoms with E-state index in [9.17, 15) is 0 Å². The van der Waals surface area contributed by atoms with E-state index in [2.05, 4.69) is 15.6 Å². The molecule has 0 spiro atoms. The lowest BCUT2D eigenvalue weighted by molar-refractivity contribution is 0.701. The van der Waals surface area contributed by atoms with Crippen LogP contribution >= 0.6 is 22.9 Å². The van der Waals surface area contributed by atoms with Crippen molar-refractivity contribution in [1.29, 1.82) is 0 Å². The molecule has 0 unspecified atom stereocenters. The van der Waals surface area contributed by atoms with Gasteiger partial charge in [-0.25, -0.2) is 4.98 Å². The lowest BCUT2D eigenvalue weighted by Crippen LogP contribution is -2.23. The minimum Gasteiger partial charge on any atom is -0.360 e. The largest absolute Gasteiger partial charge is 0.360 e. The number of aromatic nitrogens is 1. The number of rotatable bonds is 5. The Balaban J connectivity index is 1.61. The molecule has 0 atom stereocenters. The van der Waals surface area contributed by atoms with Gasteiger partial charge >= 0.3 is 0 Å². The van der Waals surface area contributed by atoms with Gasteiger partial charge in [-0.05, 0) is 12.8 Å². The van der Waals surface area contributed by atoms with Crippen molar-refractivity contribution >= 4 is 28.1 Å². The second-order valence-electron chi connectivity index (χ2n) is 3.13. The minimum absolute atomic E-state index is 0.572. The van der Waals surface area contributed by atoms with Gasteiger partial charge in [0.2, 0.25) is 0 Å². The number of thiazole rings is 1. The number of nitrogens with one attached hydrogen (secondary N) is 2. The Hall–Kier alpha value is -0.320. The fraction of sp³-hybridized carbons (Fsp3) is 0.625. The molecular formula is C8H12ClN3S. The van der Waals surface area contributed by atoms with Crippen LogP contribution in [0.3, 0.4) is 0 Å². The number of anilines is 1. The summed E-state index contributed by atoms with van der Waals surface area (Å²) in [4.78, 5) is 4.09. The van der Waals surface area contributed by atoms with Crippen molar-refractivity contribution in [2.45, 2.75) is 18.9 Å². The monoisotopic (exact) mass is 217 g/mol. The smallest absolute Gasteiger partial charge is 0.184 e. The van der Waals surface area contributed by atoms with Crippen LogP contribution in [0, 0.1) is 0 Å². The summed E-state index contributed by atoms with van der Waals surface area (Å²) in [6, 6.07) is 0.779. The van der Waals surface area contributed by atoms with Gasteiger partial charge in [-0.15, -0.1) is 11.3 Å². The van der Waals surface area contributed by atoms with E-state index in [0.29, 0.717) is 5.15 Å². The molecule has 2 rings (SSSR count). The van der Waals surface area contributed by atoms with Crippen molar-refractivity contribution in [3.05, 3.63) is 10.5 Å². The van der Waals surface area contributed by atoms with Gasteiger partial charge in [0.05, 0.1) is 0 Å². The van der Waals surface area contributed by atoms with Crippen molar-refractivity contribution in [3.63, 3.8) is 0 Å². The molecule has 1 heterocycles. The molecule has 0 aromatic carbocycles. The Bertz CT molecular complexity index is 272. The van der Waals surface area contributed by atoms with Crippen LogP contribution in [-0.4, -0.2) is 24.1 Å². The topological polar surface area (TPSA) is 37.0 Å². The molecule has 0 saturated heterocycles. The molecule has 3 nitrogen and oxygen atoms in total. The Morgan fingerprint density at radius 3 is 3.00 bits per heavy atom. The van der Waals surface area contributed by atoms with E-state index in [1.807, 2.05) is 5.38 Å². The van der Waals surface area contributed by atoms with Crippen molar-refractivity contribution < 1.29 is 0 Å². The second kappa shape index (κ2) is 4.26. The predicted molar refractivity (Wildman–Crippen MR) is 56.6 cm³/mol. The summed E-state index contributed by atoms with van der Waals surface area (Å²) >= 11 is 7.22. The third-order valence-electron chi connectivity index (χ3n) is 1.89. The molecule has 2 N–H and O–H groups in total. The third kappa shape index (κ3) is 3.14. The van der Waals surface area contributed by atoms with E-state index < -0.39 is 0 Å². The molecule has 0 bridgehead atoms. The number of hydrogen-bond acceptors (Lipinski definition) is 4. The van der Waals surface area contributed by atoms with Crippen LogP contribution in [0.15, 0.2) is 5.38 Å². The zero-order chi connectivity index (χ0) is 9.10. The summed E-state index contributed by atoms with van der Waals surface area (Å²) in [6.07, 6.45) is 2.67. The second-order valence-corrected chi connectivity index (χ2v) is 4.38. The van der Waals surface area contributed by atoms with Gasteiger partial charge in [0.25, 0.3) is 0 Å². The lowest BCUT2D eigenvalue weighted by Gasteiger charge is -2.02. The first-order chi connectivity index (χ1) is 6.34. The van der Waals surface area contributed by atoms with Gasteiger partial charge in [-0.3, -0.25) is 0 Å². The maximum absolute atomic E-state index is 5.68. The highest BCUT2D eigenvalue weighted by Crippen LogP contribution is 2.19. The summed E-state index contributed by atoms with van der Waals surface area (Å²) in [5.41, 5.74) is 0. The van der Waals surface area contributed by atoms with Crippen LogP contribution in [0.1, 0.15) is 12.8 Å². The molecule has 0 amide bonds. The molecule has 72 valence electrons.